The van der Waals surface area contributed by atoms with Gasteiger partial charge in [0.25, 0.3) is 0 Å². The third-order valence-electron chi connectivity index (χ3n) is 3.44. The third-order valence-corrected chi connectivity index (χ3v) is 4.86. The molecule has 0 N–H and O–H groups in total. The molecule has 0 spiro atoms. The molecule has 0 saturated carbocycles. The van der Waals surface area contributed by atoms with Gasteiger partial charge in [0.15, 0.2) is 5.75 Å². The number of aromatic nitrogens is 1. The van der Waals surface area contributed by atoms with Gasteiger partial charge in [-0.25, -0.2) is 9.37 Å². The molecule has 0 saturated heterocycles. The van der Waals surface area contributed by atoms with Crippen molar-refractivity contribution in [3.63, 3.8) is 0 Å². The Hall–Kier alpha value is -2.52. The summed E-state index contributed by atoms with van der Waals surface area (Å²) < 4.78 is 25.0. The molecule has 0 fully saturated rings. The Balaban J connectivity index is 1.81. The number of nitro benzene ring substituents is 1. The van der Waals surface area contributed by atoms with E-state index in [4.69, 9.17) is 9.47 Å². The van der Waals surface area contributed by atoms with Gasteiger partial charge in [0.2, 0.25) is 0 Å². The number of hydrogen-bond acceptors (Lipinski definition) is 6. The summed E-state index contributed by atoms with van der Waals surface area (Å²) in [5.74, 6) is -0.0659. The highest BCUT2D eigenvalue weighted by Crippen LogP contribution is 2.35. The normalized spacial score (nSPS) is 10.6. The Bertz CT molecular complexity index is 964. The minimum absolute atomic E-state index is 0.0168. The first-order chi connectivity index (χ1) is 12.5. The molecule has 9 heteroatoms. The Kier molecular flexibility index (Phi) is 5.48. The van der Waals surface area contributed by atoms with Gasteiger partial charge in [-0.1, -0.05) is 15.9 Å². The smallest absolute Gasteiger partial charge is 0.311 e. The molecule has 1 heterocycles. The summed E-state index contributed by atoms with van der Waals surface area (Å²) in [6.07, 6.45) is 0. The van der Waals surface area contributed by atoms with Gasteiger partial charge >= 0.3 is 5.69 Å². The van der Waals surface area contributed by atoms with E-state index in [1.165, 1.54) is 11.3 Å². The lowest BCUT2D eigenvalue weighted by Crippen LogP contribution is -2.00. The van der Waals surface area contributed by atoms with Crippen LogP contribution < -0.4 is 9.47 Å². The zero-order chi connectivity index (χ0) is 18.7. The highest BCUT2D eigenvalue weighted by molar-refractivity contribution is 9.10. The number of nitrogens with zero attached hydrogens (tertiary/aromatic N) is 2. The molecule has 2 aromatic carbocycles. The molecular formula is C17H12BrFN2O4S. The van der Waals surface area contributed by atoms with Gasteiger partial charge in [0.1, 0.15) is 23.2 Å². The van der Waals surface area contributed by atoms with Crippen LogP contribution in [0, 0.1) is 15.9 Å². The van der Waals surface area contributed by atoms with Crippen molar-refractivity contribution in [2.45, 2.75) is 6.61 Å². The Morgan fingerprint density at radius 3 is 2.81 bits per heavy atom. The molecule has 0 atom stereocenters. The Morgan fingerprint density at radius 1 is 1.27 bits per heavy atom. The monoisotopic (exact) mass is 438 g/mol. The van der Waals surface area contributed by atoms with E-state index in [2.05, 4.69) is 20.9 Å². The van der Waals surface area contributed by atoms with E-state index in [0.717, 1.165) is 33.2 Å². The van der Waals surface area contributed by atoms with E-state index in [1.807, 2.05) is 18.2 Å². The molecule has 0 aliphatic heterocycles. The Labute approximate surface area is 160 Å². The molecule has 6 nitrogen and oxygen atoms in total. The van der Waals surface area contributed by atoms with Crippen LogP contribution in [-0.2, 0) is 6.61 Å². The molecule has 0 radical (unpaired) electrons. The number of rotatable bonds is 6. The summed E-state index contributed by atoms with van der Waals surface area (Å²) >= 11 is 4.81. The van der Waals surface area contributed by atoms with Crippen molar-refractivity contribution in [2.24, 2.45) is 0 Å². The van der Waals surface area contributed by atoms with Crippen LogP contribution in [0.3, 0.4) is 0 Å². The lowest BCUT2D eigenvalue weighted by molar-refractivity contribution is -0.386. The van der Waals surface area contributed by atoms with E-state index >= 15 is 0 Å². The highest BCUT2D eigenvalue weighted by Gasteiger charge is 2.17. The molecule has 1 aromatic heterocycles. The second-order valence-corrected chi connectivity index (χ2v) is 6.92. The van der Waals surface area contributed by atoms with Crippen LogP contribution in [0.2, 0.25) is 0 Å². The van der Waals surface area contributed by atoms with Crippen molar-refractivity contribution >= 4 is 33.0 Å². The van der Waals surface area contributed by atoms with Crippen molar-refractivity contribution in [2.75, 3.05) is 7.11 Å². The van der Waals surface area contributed by atoms with Crippen LogP contribution in [0.25, 0.3) is 10.6 Å². The number of ether oxygens (including phenoxy) is 2. The molecule has 3 rings (SSSR count). The summed E-state index contributed by atoms with van der Waals surface area (Å²) in [7, 11) is 1.58. The van der Waals surface area contributed by atoms with Crippen molar-refractivity contribution in [3.8, 4) is 22.1 Å². The highest BCUT2D eigenvalue weighted by atomic mass is 79.9. The minimum Gasteiger partial charge on any atom is -0.496 e. The maximum atomic E-state index is 13.3. The first-order valence-corrected chi connectivity index (χ1v) is 9.00. The van der Waals surface area contributed by atoms with E-state index in [9.17, 15) is 14.5 Å². The molecule has 26 heavy (non-hydrogen) atoms. The minimum atomic E-state index is -0.617. The summed E-state index contributed by atoms with van der Waals surface area (Å²) in [6.45, 7) is -0.0168. The molecular weight excluding hydrogens is 427 g/mol. The van der Waals surface area contributed by atoms with Gasteiger partial charge in [-0.2, -0.15) is 0 Å². The van der Waals surface area contributed by atoms with Crippen molar-refractivity contribution < 1.29 is 18.8 Å². The topological polar surface area (TPSA) is 74.5 Å². The standard InChI is InChI=1S/C17H12BrFN2O4S/c1-24-15-5-2-10(18)6-13(15)17-20-12(9-26-17)8-25-16-7-11(19)3-4-14(16)21(22)23/h2-7,9H,8H2,1H3. The van der Waals surface area contributed by atoms with Gasteiger partial charge in [0, 0.05) is 22.0 Å². The predicted molar refractivity (Wildman–Crippen MR) is 99.2 cm³/mol. The largest absolute Gasteiger partial charge is 0.496 e. The number of benzene rings is 2. The van der Waals surface area contributed by atoms with Crippen molar-refractivity contribution in [3.05, 3.63) is 67.9 Å². The fourth-order valence-electron chi connectivity index (χ4n) is 2.25. The molecule has 0 aliphatic rings. The first-order valence-electron chi connectivity index (χ1n) is 7.33. The zero-order valence-corrected chi connectivity index (χ0v) is 15.8. The third kappa shape index (κ3) is 4.00. The number of nitro groups is 1. The molecule has 0 unspecified atom stereocenters. The number of halogens is 2. The molecule has 0 bridgehead atoms. The fourth-order valence-corrected chi connectivity index (χ4v) is 3.44. The van der Waals surface area contributed by atoms with Gasteiger partial charge < -0.3 is 9.47 Å². The lowest BCUT2D eigenvalue weighted by Gasteiger charge is -2.06. The Morgan fingerprint density at radius 2 is 2.08 bits per heavy atom. The maximum Gasteiger partial charge on any atom is 0.311 e. The molecule has 0 amide bonds. The van der Waals surface area contributed by atoms with Crippen molar-refractivity contribution in [1.29, 1.82) is 0 Å². The second-order valence-electron chi connectivity index (χ2n) is 5.15. The van der Waals surface area contributed by atoms with E-state index in [1.54, 1.807) is 12.5 Å². The SMILES string of the molecule is COc1ccc(Br)cc1-c1nc(COc2cc(F)ccc2[N+](=O)[O-])cs1. The summed E-state index contributed by atoms with van der Waals surface area (Å²) in [6, 6.07) is 8.66. The second kappa shape index (κ2) is 7.79. The van der Waals surface area contributed by atoms with Crippen molar-refractivity contribution in [1.82, 2.24) is 4.98 Å². The first kappa shape index (κ1) is 18.3. The fraction of sp³-hybridized carbons (Fsp3) is 0.118. The van der Waals surface area contributed by atoms with Gasteiger partial charge in [-0.05, 0) is 24.3 Å². The summed E-state index contributed by atoms with van der Waals surface area (Å²) in [5.41, 5.74) is 1.09. The van der Waals surface area contributed by atoms with Crippen LogP contribution in [0.4, 0.5) is 10.1 Å². The van der Waals surface area contributed by atoms with E-state index in [0.29, 0.717) is 11.4 Å². The quantitative estimate of drug-likeness (QED) is 0.390. The van der Waals surface area contributed by atoms with E-state index < -0.39 is 10.7 Å². The maximum absolute atomic E-state index is 13.3. The lowest BCUT2D eigenvalue weighted by atomic mass is 10.2. The van der Waals surface area contributed by atoms with Crippen LogP contribution >= 0.6 is 27.3 Å². The van der Waals surface area contributed by atoms with Crippen LogP contribution in [-0.4, -0.2) is 17.0 Å². The van der Waals surface area contributed by atoms with Gasteiger partial charge in [-0.3, -0.25) is 10.1 Å². The number of hydrogen-bond donors (Lipinski definition) is 0. The van der Waals surface area contributed by atoms with Gasteiger partial charge in [0.05, 0.1) is 23.3 Å². The number of methoxy groups -OCH3 is 1. The van der Waals surface area contributed by atoms with E-state index in [-0.39, 0.29) is 18.0 Å². The molecule has 134 valence electrons. The zero-order valence-electron chi connectivity index (χ0n) is 13.4. The molecule has 0 aliphatic carbocycles. The number of thiazole rings is 1. The summed E-state index contributed by atoms with van der Waals surface area (Å²) in [5, 5.41) is 13.5. The van der Waals surface area contributed by atoms with Crippen LogP contribution in [0.15, 0.2) is 46.3 Å². The van der Waals surface area contributed by atoms with Crippen LogP contribution in [0.5, 0.6) is 11.5 Å². The van der Waals surface area contributed by atoms with Gasteiger partial charge in [-0.15, -0.1) is 11.3 Å². The average molecular weight is 439 g/mol. The molecule has 3 aromatic rings. The predicted octanol–water partition coefficient (Wildman–Crippen LogP) is 5.21. The summed E-state index contributed by atoms with van der Waals surface area (Å²) in [4.78, 5) is 14.9. The average Bonchev–Trinajstić information content (AvgIpc) is 3.08. The van der Waals surface area contributed by atoms with Crippen LogP contribution in [0.1, 0.15) is 5.69 Å².